The minimum atomic E-state index is 0.219. The SMILES string of the molecule is Oc1cccc(-c2cc(N(Cc3ccccc3)Cc3ccccc3)nc(N3CCOCC3)n2)c1. The Morgan fingerprint density at radius 1 is 0.765 bits per heavy atom. The van der Waals surface area contributed by atoms with Crippen LogP contribution in [0.15, 0.2) is 91.0 Å². The van der Waals surface area contributed by atoms with Crippen LogP contribution in [0.3, 0.4) is 0 Å². The first kappa shape index (κ1) is 21.9. The predicted molar refractivity (Wildman–Crippen MR) is 135 cm³/mol. The monoisotopic (exact) mass is 452 g/mol. The molecule has 6 nitrogen and oxygen atoms in total. The molecule has 0 atom stereocenters. The summed E-state index contributed by atoms with van der Waals surface area (Å²) in [6, 6.07) is 30.1. The molecule has 1 aromatic heterocycles. The molecule has 5 rings (SSSR count). The lowest BCUT2D eigenvalue weighted by Gasteiger charge is -2.30. The largest absolute Gasteiger partial charge is 0.508 e. The lowest BCUT2D eigenvalue weighted by Crippen LogP contribution is -2.37. The Hall–Kier alpha value is -3.90. The summed E-state index contributed by atoms with van der Waals surface area (Å²) in [5.74, 6) is 1.75. The van der Waals surface area contributed by atoms with Crippen molar-refractivity contribution in [1.29, 1.82) is 0 Å². The maximum atomic E-state index is 10.1. The smallest absolute Gasteiger partial charge is 0.228 e. The van der Waals surface area contributed by atoms with E-state index < -0.39 is 0 Å². The number of hydrogen-bond acceptors (Lipinski definition) is 6. The van der Waals surface area contributed by atoms with Crippen molar-refractivity contribution in [2.45, 2.75) is 13.1 Å². The standard InChI is InChI=1S/C28H28N4O2/c33-25-13-7-12-24(18-25)26-19-27(30-28(29-26)31-14-16-34-17-15-31)32(20-22-8-3-1-4-9-22)21-23-10-5-2-6-11-23/h1-13,18-19,33H,14-17,20-21H2. The molecular formula is C28H28N4O2. The van der Waals surface area contributed by atoms with Gasteiger partial charge in [0.2, 0.25) is 5.95 Å². The van der Waals surface area contributed by atoms with Crippen LogP contribution in [0.2, 0.25) is 0 Å². The molecule has 2 heterocycles. The minimum absolute atomic E-state index is 0.219. The van der Waals surface area contributed by atoms with E-state index in [4.69, 9.17) is 14.7 Å². The maximum absolute atomic E-state index is 10.1. The number of anilines is 2. The van der Waals surface area contributed by atoms with Gasteiger partial charge in [0.15, 0.2) is 0 Å². The van der Waals surface area contributed by atoms with Crippen molar-refractivity contribution in [1.82, 2.24) is 9.97 Å². The number of aromatic nitrogens is 2. The number of hydrogen-bond donors (Lipinski definition) is 1. The average molecular weight is 453 g/mol. The molecule has 0 aliphatic carbocycles. The van der Waals surface area contributed by atoms with Crippen LogP contribution in [0.5, 0.6) is 5.75 Å². The summed E-state index contributed by atoms with van der Waals surface area (Å²) in [5, 5.41) is 10.1. The zero-order valence-corrected chi connectivity index (χ0v) is 19.0. The molecule has 172 valence electrons. The van der Waals surface area contributed by atoms with Gasteiger partial charge in [0.25, 0.3) is 0 Å². The van der Waals surface area contributed by atoms with Crippen LogP contribution >= 0.6 is 0 Å². The van der Waals surface area contributed by atoms with Crippen LogP contribution < -0.4 is 9.80 Å². The van der Waals surface area contributed by atoms with Gasteiger partial charge in [-0.1, -0.05) is 72.8 Å². The van der Waals surface area contributed by atoms with Gasteiger partial charge in [0.05, 0.1) is 18.9 Å². The highest BCUT2D eigenvalue weighted by Crippen LogP contribution is 2.29. The van der Waals surface area contributed by atoms with E-state index in [1.54, 1.807) is 12.1 Å². The molecule has 0 bridgehead atoms. The molecule has 1 saturated heterocycles. The lowest BCUT2D eigenvalue weighted by atomic mass is 10.1. The highest BCUT2D eigenvalue weighted by Gasteiger charge is 2.19. The summed E-state index contributed by atoms with van der Waals surface area (Å²) in [7, 11) is 0. The number of nitrogens with zero attached hydrogens (tertiary/aromatic N) is 4. The van der Waals surface area contributed by atoms with Crippen LogP contribution in [-0.4, -0.2) is 41.4 Å². The van der Waals surface area contributed by atoms with Gasteiger partial charge in [-0.05, 0) is 23.3 Å². The van der Waals surface area contributed by atoms with E-state index in [2.05, 4.69) is 58.3 Å². The van der Waals surface area contributed by atoms with E-state index in [0.29, 0.717) is 19.2 Å². The van der Waals surface area contributed by atoms with Gasteiger partial charge < -0.3 is 19.6 Å². The fourth-order valence-electron chi connectivity index (χ4n) is 4.13. The Bertz CT molecular complexity index is 1170. The third kappa shape index (κ3) is 5.35. The van der Waals surface area contributed by atoms with Crippen molar-refractivity contribution < 1.29 is 9.84 Å². The van der Waals surface area contributed by atoms with Gasteiger partial charge in [0, 0.05) is 37.8 Å². The Balaban J connectivity index is 1.58. The second-order valence-electron chi connectivity index (χ2n) is 8.39. The summed E-state index contributed by atoms with van der Waals surface area (Å²) in [6.45, 7) is 4.25. The molecule has 1 aliphatic rings. The molecule has 6 heteroatoms. The van der Waals surface area contributed by atoms with Crippen molar-refractivity contribution in [2.75, 3.05) is 36.1 Å². The van der Waals surface area contributed by atoms with Crippen LogP contribution in [0.4, 0.5) is 11.8 Å². The Kier molecular flexibility index (Phi) is 6.68. The van der Waals surface area contributed by atoms with Crippen molar-refractivity contribution >= 4 is 11.8 Å². The zero-order chi connectivity index (χ0) is 23.2. The van der Waals surface area contributed by atoms with Crippen LogP contribution in [0.25, 0.3) is 11.3 Å². The molecule has 1 aliphatic heterocycles. The molecule has 0 saturated carbocycles. The van der Waals surface area contributed by atoms with E-state index >= 15 is 0 Å². The zero-order valence-electron chi connectivity index (χ0n) is 19.0. The summed E-state index contributed by atoms with van der Waals surface area (Å²) < 4.78 is 5.55. The third-order valence-corrected chi connectivity index (χ3v) is 5.89. The third-order valence-electron chi connectivity index (χ3n) is 5.89. The Morgan fingerprint density at radius 3 is 2.03 bits per heavy atom. The van der Waals surface area contributed by atoms with Gasteiger partial charge in [-0.3, -0.25) is 0 Å². The summed E-state index contributed by atoms with van der Waals surface area (Å²) in [5.41, 5.74) is 4.07. The summed E-state index contributed by atoms with van der Waals surface area (Å²) >= 11 is 0. The fourth-order valence-corrected chi connectivity index (χ4v) is 4.13. The first-order valence-electron chi connectivity index (χ1n) is 11.6. The normalized spacial score (nSPS) is 13.6. The second-order valence-corrected chi connectivity index (χ2v) is 8.39. The predicted octanol–water partition coefficient (Wildman–Crippen LogP) is 4.89. The fraction of sp³-hybridized carbons (Fsp3) is 0.214. The van der Waals surface area contributed by atoms with E-state index in [1.807, 2.05) is 30.3 Å². The first-order chi connectivity index (χ1) is 16.7. The van der Waals surface area contributed by atoms with Crippen LogP contribution in [0.1, 0.15) is 11.1 Å². The van der Waals surface area contributed by atoms with Gasteiger partial charge in [-0.25, -0.2) is 4.98 Å². The van der Waals surface area contributed by atoms with Gasteiger partial charge in [0.1, 0.15) is 11.6 Å². The molecule has 0 spiro atoms. The number of rotatable bonds is 7. The Morgan fingerprint density at radius 2 is 1.41 bits per heavy atom. The van der Waals surface area contributed by atoms with Crippen molar-refractivity contribution in [3.63, 3.8) is 0 Å². The number of benzene rings is 3. The molecular weight excluding hydrogens is 424 g/mol. The molecule has 1 fully saturated rings. The molecule has 3 aromatic carbocycles. The van der Waals surface area contributed by atoms with E-state index in [9.17, 15) is 5.11 Å². The molecule has 0 radical (unpaired) electrons. The summed E-state index contributed by atoms with van der Waals surface area (Å²) in [6.07, 6.45) is 0. The first-order valence-corrected chi connectivity index (χ1v) is 11.6. The molecule has 0 amide bonds. The number of phenols is 1. The topological polar surface area (TPSA) is 61.7 Å². The van der Waals surface area contributed by atoms with Gasteiger partial charge >= 0.3 is 0 Å². The molecule has 34 heavy (non-hydrogen) atoms. The molecule has 1 N–H and O–H groups in total. The van der Waals surface area contributed by atoms with Crippen LogP contribution in [0, 0.1) is 0 Å². The highest BCUT2D eigenvalue weighted by atomic mass is 16.5. The average Bonchev–Trinajstić information content (AvgIpc) is 2.90. The van der Waals surface area contributed by atoms with Crippen LogP contribution in [-0.2, 0) is 17.8 Å². The van der Waals surface area contributed by atoms with Gasteiger partial charge in [-0.15, -0.1) is 0 Å². The summed E-state index contributed by atoms with van der Waals surface area (Å²) in [4.78, 5) is 14.4. The molecule has 4 aromatic rings. The minimum Gasteiger partial charge on any atom is -0.508 e. The number of ether oxygens (including phenoxy) is 1. The maximum Gasteiger partial charge on any atom is 0.228 e. The van der Waals surface area contributed by atoms with Crippen molar-refractivity contribution in [2.24, 2.45) is 0 Å². The lowest BCUT2D eigenvalue weighted by molar-refractivity contribution is 0.122. The number of phenolic OH excluding ortho intramolecular Hbond substituents is 1. The van der Waals surface area contributed by atoms with E-state index in [1.165, 1.54) is 11.1 Å². The van der Waals surface area contributed by atoms with Crippen molar-refractivity contribution in [3.05, 3.63) is 102 Å². The quantitative estimate of drug-likeness (QED) is 0.431. The Labute approximate surface area is 200 Å². The van der Waals surface area contributed by atoms with E-state index in [-0.39, 0.29) is 5.75 Å². The number of aromatic hydroxyl groups is 1. The highest BCUT2D eigenvalue weighted by molar-refractivity contribution is 5.66. The van der Waals surface area contributed by atoms with E-state index in [0.717, 1.165) is 43.3 Å². The molecule has 0 unspecified atom stereocenters. The number of morpholine rings is 1. The second kappa shape index (κ2) is 10.4. The van der Waals surface area contributed by atoms with Gasteiger partial charge in [-0.2, -0.15) is 4.98 Å². The van der Waals surface area contributed by atoms with Crippen molar-refractivity contribution in [3.8, 4) is 17.0 Å².